The van der Waals surface area contributed by atoms with Gasteiger partial charge in [-0.3, -0.25) is 4.79 Å². The molecular weight excluding hydrogens is 438 g/mol. The normalized spacial score (nSPS) is 15.9. The molecule has 170 valence electrons. The van der Waals surface area contributed by atoms with Gasteiger partial charge in [0.05, 0.1) is 27.5 Å². The van der Waals surface area contributed by atoms with E-state index in [2.05, 4.69) is 53.2 Å². The average molecular weight is 464 g/mol. The predicted molar refractivity (Wildman–Crippen MR) is 133 cm³/mol. The predicted octanol–water partition coefficient (Wildman–Crippen LogP) is 5.31. The third-order valence-electron chi connectivity index (χ3n) is 5.91. The van der Waals surface area contributed by atoms with Gasteiger partial charge in [-0.15, -0.1) is 0 Å². The smallest absolute Gasteiger partial charge is 0.335 e. The van der Waals surface area contributed by atoms with Crippen LogP contribution in [0.15, 0.2) is 66.7 Å². The lowest BCUT2D eigenvalue weighted by Gasteiger charge is -2.43. The maximum atomic E-state index is 12.9. The Hall–Kier alpha value is -3.51. The number of anilines is 3. The number of piperazine rings is 1. The number of nitrogens with one attached hydrogen (secondary N) is 1. The van der Waals surface area contributed by atoms with E-state index in [1.807, 2.05) is 0 Å². The molecule has 1 aliphatic rings. The van der Waals surface area contributed by atoms with Crippen LogP contribution in [0, 0.1) is 6.92 Å². The number of rotatable bonds is 5. The highest BCUT2D eigenvalue weighted by Crippen LogP contribution is 2.32. The summed E-state index contributed by atoms with van der Waals surface area (Å²) in [6.07, 6.45) is 0. The van der Waals surface area contributed by atoms with Crippen molar-refractivity contribution in [1.82, 2.24) is 0 Å². The second-order valence-electron chi connectivity index (χ2n) is 8.30. The van der Waals surface area contributed by atoms with E-state index in [0.717, 1.165) is 25.3 Å². The number of carbonyl (C=O) groups is 2. The Kier molecular flexibility index (Phi) is 6.56. The molecule has 4 rings (SSSR count). The van der Waals surface area contributed by atoms with E-state index in [1.54, 1.807) is 36.4 Å². The van der Waals surface area contributed by atoms with E-state index in [-0.39, 0.29) is 17.5 Å². The van der Waals surface area contributed by atoms with Gasteiger partial charge < -0.3 is 20.2 Å². The molecule has 1 heterocycles. The van der Waals surface area contributed by atoms with Crippen molar-refractivity contribution in [1.29, 1.82) is 0 Å². The molecule has 0 radical (unpaired) electrons. The van der Waals surface area contributed by atoms with Crippen molar-refractivity contribution in [2.24, 2.45) is 0 Å². The molecule has 0 aromatic heterocycles. The fourth-order valence-corrected chi connectivity index (χ4v) is 4.47. The third kappa shape index (κ3) is 4.96. The Morgan fingerprint density at radius 1 is 1.03 bits per heavy atom. The lowest BCUT2D eigenvalue weighted by Crippen LogP contribution is -2.52. The van der Waals surface area contributed by atoms with Gasteiger partial charge >= 0.3 is 5.97 Å². The Bertz CT molecular complexity index is 1200. The maximum Gasteiger partial charge on any atom is 0.335 e. The lowest BCUT2D eigenvalue weighted by molar-refractivity contribution is 0.0696. The van der Waals surface area contributed by atoms with Crippen molar-refractivity contribution in [3.63, 3.8) is 0 Å². The van der Waals surface area contributed by atoms with E-state index in [4.69, 9.17) is 11.6 Å². The van der Waals surface area contributed by atoms with Crippen molar-refractivity contribution in [3.05, 3.63) is 88.4 Å². The SMILES string of the molecule is Cc1cccc(N2CCN(c3ccc(C(=O)O)cc3NC(=O)c3ccccc3Cl)CC2C)c1. The summed E-state index contributed by atoms with van der Waals surface area (Å²) in [5, 5.41) is 12.7. The van der Waals surface area contributed by atoms with Crippen LogP contribution in [0.3, 0.4) is 0 Å². The quantitative estimate of drug-likeness (QED) is 0.536. The van der Waals surface area contributed by atoms with Crippen molar-refractivity contribution >= 4 is 40.5 Å². The number of benzene rings is 3. The standard InChI is InChI=1S/C26H26ClN3O3/c1-17-6-5-7-20(14-17)30-13-12-29(16-18(30)2)24-11-10-19(26(32)33)15-23(24)28-25(31)21-8-3-4-9-22(21)27/h3-11,14-15,18H,12-13,16H2,1-2H3,(H,28,31)(H,32,33). The number of aromatic carboxylic acids is 1. The van der Waals surface area contributed by atoms with E-state index in [1.165, 1.54) is 17.3 Å². The topological polar surface area (TPSA) is 72.9 Å². The summed E-state index contributed by atoms with van der Waals surface area (Å²) in [6.45, 7) is 6.53. The maximum absolute atomic E-state index is 12.9. The molecule has 0 spiro atoms. The van der Waals surface area contributed by atoms with Gasteiger partial charge in [-0.25, -0.2) is 4.79 Å². The number of carbonyl (C=O) groups excluding carboxylic acids is 1. The summed E-state index contributed by atoms with van der Waals surface area (Å²) >= 11 is 6.19. The Morgan fingerprint density at radius 2 is 1.82 bits per heavy atom. The Morgan fingerprint density at radius 3 is 2.52 bits per heavy atom. The largest absolute Gasteiger partial charge is 0.478 e. The minimum Gasteiger partial charge on any atom is -0.478 e. The number of hydrogen-bond donors (Lipinski definition) is 2. The summed E-state index contributed by atoms with van der Waals surface area (Å²) in [7, 11) is 0. The lowest BCUT2D eigenvalue weighted by atomic mass is 10.1. The summed E-state index contributed by atoms with van der Waals surface area (Å²) < 4.78 is 0. The van der Waals surface area contributed by atoms with Crippen molar-refractivity contribution in [2.75, 3.05) is 34.8 Å². The molecule has 7 heteroatoms. The molecular formula is C26H26ClN3O3. The summed E-state index contributed by atoms with van der Waals surface area (Å²) in [6, 6.07) is 20.3. The van der Waals surface area contributed by atoms with Gasteiger partial charge in [-0.05, 0) is 61.9 Å². The zero-order chi connectivity index (χ0) is 23.5. The molecule has 1 amide bonds. The Balaban J connectivity index is 1.60. The fourth-order valence-electron chi connectivity index (χ4n) is 4.25. The highest BCUT2D eigenvalue weighted by molar-refractivity contribution is 6.34. The molecule has 1 fully saturated rings. The first-order valence-electron chi connectivity index (χ1n) is 10.8. The van der Waals surface area contributed by atoms with E-state index in [9.17, 15) is 14.7 Å². The number of amides is 1. The van der Waals surface area contributed by atoms with Crippen molar-refractivity contribution < 1.29 is 14.7 Å². The molecule has 3 aromatic carbocycles. The molecule has 0 bridgehead atoms. The first kappa shape index (κ1) is 22.7. The third-order valence-corrected chi connectivity index (χ3v) is 6.24. The van der Waals surface area contributed by atoms with Crippen LogP contribution in [-0.2, 0) is 0 Å². The zero-order valence-corrected chi connectivity index (χ0v) is 19.3. The molecule has 2 N–H and O–H groups in total. The molecule has 6 nitrogen and oxygen atoms in total. The minimum atomic E-state index is -1.05. The van der Waals surface area contributed by atoms with E-state index in [0.29, 0.717) is 16.3 Å². The van der Waals surface area contributed by atoms with Crippen LogP contribution < -0.4 is 15.1 Å². The van der Waals surface area contributed by atoms with Crippen molar-refractivity contribution in [3.8, 4) is 0 Å². The first-order valence-corrected chi connectivity index (χ1v) is 11.2. The second kappa shape index (κ2) is 9.55. The van der Waals surface area contributed by atoms with Crippen LogP contribution in [0.2, 0.25) is 5.02 Å². The van der Waals surface area contributed by atoms with Gasteiger partial charge in [0, 0.05) is 31.4 Å². The van der Waals surface area contributed by atoms with Gasteiger partial charge in [0.15, 0.2) is 0 Å². The van der Waals surface area contributed by atoms with E-state index >= 15 is 0 Å². The average Bonchev–Trinajstić information content (AvgIpc) is 2.79. The fraction of sp³-hybridized carbons (Fsp3) is 0.231. The van der Waals surface area contributed by atoms with Gasteiger partial charge in [-0.1, -0.05) is 35.9 Å². The van der Waals surface area contributed by atoms with Crippen LogP contribution in [0.5, 0.6) is 0 Å². The summed E-state index contributed by atoms with van der Waals surface area (Å²) in [5.41, 5.74) is 4.10. The highest BCUT2D eigenvalue weighted by atomic mass is 35.5. The minimum absolute atomic E-state index is 0.111. The van der Waals surface area contributed by atoms with Crippen LogP contribution >= 0.6 is 11.6 Å². The van der Waals surface area contributed by atoms with Gasteiger partial charge in [0.25, 0.3) is 5.91 Å². The number of halogens is 1. The number of carboxylic acid groups (broad SMARTS) is 1. The van der Waals surface area contributed by atoms with Gasteiger partial charge in [0.1, 0.15) is 0 Å². The number of aryl methyl sites for hydroxylation is 1. The number of hydrogen-bond acceptors (Lipinski definition) is 4. The van der Waals surface area contributed by atoms with Crippen LogP contribution in [0.25, 0.3) is 0 Å². The molecule has 0 saturated carbocycles. The second-order valence-corrected chi connectivity index (χ2v) is 8.71. The monoisotopic (exact) mass is 463 g/mol. The number of nitrogens with zero attached hydrogens (tertiary/aromatic N) is 2. The number of carboxylic acids is 1. The van der Waals surface area contributed by atoms with Crippen LogP contribution in [-0.4, -0.2) is 42.7 Å². The summed E-state index contributed by atoms with van der Waals surface area (Å²) in [5.74, 6) is -1.43. The summed E-state index contributed by atoms with van der Waals surface area (Å²) in [4.78, 5) is 29.0. The Labute approximate surface area is 198 Å². The molecule has 33 heavy (non-hydrogen) atoms. The van der Waals surface area contributed by atoms with Gasteiger partial charge in [0.2, 0.25) is 0 Å². The van der Waals surface area contributed by atoms with Gasteiger partial charge in [-0.2, -0.15) is 0 Å². The van der Waals surface area contributed by atoms with Crippen LogP contribution in [0.1, 0.15) is 33.2 Å². The molecule has 1 atom stereocenters. The zero-order valence-electron chi connectivity index (χ0n) is 18.6. The van der Waals surface area contributed by atoms with E-state index < -0.39 is 5.97 Å². The van der Waals surface area contributed by atoms with Crippen molar-refractivity contribution in [2.45, 2.75) is 19.9 Å². The molecule has 1 unspecified atom stereocenters. The highest BCUT2D eigenvalue weighted by Gasteiger charge is 2.26. The molecule has 3 aromatic rings. The first-order chi connectivity index (χ1) is 15.8. The molecule has 1 saturated heterocycles. The van der Waals surface area contributed by atoms with Crippen LogP contribution in [0.4, 0.5) is 17.1 Å². The molecule has 1 aliphatic heterocycles. The molecule has 0 aliphatic carbocycles.